The van der Waals surface area contributed by atoms with Crippen LogP contribution in [0, 0.1) is 0 Å². The number of hydrogen-bond acceptors (Lipinski definition) is 3. The molecule has 3 heteroatoms. The standard InChI is InChI=1S/C11H18N2O/c1-2-3-4-14-8-9-5-10(12)7-11(13)6-9/h5-7H,2-4,8,12-13H2,1H3. The van der Waals surface area contributed by atoms with Gasteiger partial charge in [-0.2, -0.15) is 0 Å². The summed E-state index contributed by atoms with van der Waals surface area (Å²) in [5.41, 5.74) is 13.7. The van der Waals surface area contributed by atoms with Crippen molar-refractivity contribution in [3.63, 3.8) is 0 Å². The van der Waals surface area contributed by atoms with Gasteiger partial charge in [0.05, 0.1) is 6.61 Å². The van der Waals surface area contributed by atoms with Crippen molar-refractivity contribution >= 4 is 11.4 Å². The van der Waals surface area contributed by atoms with Gasteiger partial charge in [-0.25, -0.2) is 0 Å². The molecule has 1 aromatic rings. The van der Waals surface area contributed by atoms with E-state index >= 15 is 0 Å². The summed E-state index contributed by atoms with van der Waals surface area (Å²) in [6.45, 7) is 3.53. The van der Waals surface area contributed by atoms with Gasteiger partial charge in [0.15, 0.2) is 0 Å². The van der Waals surface area contributed by atoms with Crippen LogP contribution in [0.4, 0.5) is 11.4 Å². The van der Waals surface area contributed by atoms with Crippen molar-refractivity contribution < 1.29 is 4.74 Å². The van der Waals surface area contributed by atoms with Gasteiger partial charge in [-0.05, 0) is 30.2 Å². The van der Waals surface area contributed by atoms with E-state index in [1.54, 1.807) is 6.07 Å². The third kappa shape index (κ3) is 3.66. The van der Waals surface area contributed by atoms with E-state index in [2.05, 4.69) is 6.92 Å². The minimum absolute atomic E-state index is 0.592. The molecule has 0 aliphatic rings. The van der Waals surface area contributed by atoms with E-state index in [0.29, 0.717) is 18.0 Å². The summed E-state index contributed by atoms with van der Waals surface area (Å²) >= 11 is 0. The topological polar surface area (TPSA) is 61.3 Å². The molecule has 0 spiro atoms. The van der Waals surface area contributed by atoms with E-state index in [4.69, 9.17) is 16.2 Å². The minimum Gasteiger partial charge on any atom is -0.399 e. The van der Waals surface area contributed by atoms with Crippen LogP contribution in [0.25, 0.3) is 0 Å². The zero-order chi connectivity index (χ0) is 10.4. The Kier molecular flexibility index (Phi) is 4.26. The van der Waals surface area contributed by atoms with Crippen LogP contribution in [-0.4, -0.2) is 6.61 Å². The van der Waals surface area contributed by atoms with E-state index in [9.17, 15) is 0 Å². The van der Waals surface area contributed by atoms with Crippen molar-refractivity contribution in [2.45, 2.75) is 26.4 Å². The Balaban J connectivity index is 2.42. The van der Waals surface area contributed by atoms with Crippen LogP contribution in [0.2, 0.25) is 0 Å². The molecule has 0 bridgehead atoms. The third-order valence-corrected chi connectivity index (χ3v) is 1.95. The number of ether oxygens (including phenoxy) is 1. The number of rotatable bonds is 5. The fourth-order valence-corrected chi connectivity index (χ4v) is 1.27. The Hall–Kier alpha value is -1.22. The molecule has 1 rings (SSSR count). The van der Waals surface area contributed by atoms with E-state index in [-0.39, 0.29) is 0 Å². The average Bonchev–Trinajstić information content (AvgIpc) is 2.11. The van der Waals surface area contributed by atoms with Crippen LogP contribution in [0.15, 0.2) is 18.2 Å². The van der Waals surface area contributed by atoms with Gasteiger partial charge in [0, 0.05) is 18.0 Å². The Labute approximate surface area is 85.0 Å². The first-order valence-electron chi connectivity index (χ1n) is 4.95. The highest BCUT2D eigenvalue weighted by Crippen LogP contribution is 2.14. The maximum Gasteiger partial charge on any atom is 0.0718 e. The molecule has 0 aliphatic carbocycles. The lowest BCUT2D eigenvalue weighted by atomic mass is 10.2. The predicted octanol–water partition coefficient (Wildman–Crippen LogP) is 2.17. The van der Waals surface area contributed by atoms with Crippen molar-refractivity contribution in [2.75, 3.05) is 18.1 Å². The maximum atomic E-state index is 5.65. The number of benzene rings is 1. The summed E-state index contributed by atoms with van der Waals surface area (Å²) in [7, 11) is 0. The summed E-state index contributed by atoms with van der Waals surface area (Å²) in [5, 5.41) is 0. The monoisotopic (exact) mass is 194 g/mol. The van der Waals surface area contributed by atoms with Crippen molar-refractivity contribution in [1.82, 2.24) is 0 Å². The average molecular weight is 194 g/mol. The molecule has 14 heavy (non-hydrogen) atoms. The summed E-state index contributed by atoms with van der Waals surface area (Å²) in [6.07, 6.45) is 2.25. The highest BCUT2D eigenvalue weighted by atomic mass is 16.5. The lowest BCUT2D eigenvalue weighted by Gasteiger charge is -2.05. The molecule has 0 saturated heterocycles. The quantitative estimate of drug-likeness (QED) is 0.557. The van der Waals surface area contributed by atoms with Gasteiger partial charge >= 0.3 is 0 Å². The Morgan fingerprint density at radius 1 is 1.14 bits per heavy atom. The van der Waals surface area contributed by atoms with Gasteiger partial charge in [-0.15, -0.1) is 0 Å². The summed E-state index contributed by atoms with van der Waals surface area (Å²) in [5.74, 6) is 0. The van der Waals surface area contributed by atoms with Gasteiger partial charge < -0.3 is 16.2 Å². The maximum absolute atomic E-state index is 5.65. The molecular weight excluding hydrogens is 176 g/mol. The largest absolute Gasteiger partial charge is 0.399 e. The first-order chi connectivity index (χ1) is 6.72. The number of nitrogen functional groups attached to an aromatic ring is 2. The van der Waals surface area contributed by atoms with Crippen LogP contribution in [0.1, 0.15) is 25.3 Å². The van der Waals surface area contributed by atoms with Crippen LogP contribution >= 0.6 is 0 Å². The molecule has 0 aromatic heterocycles. The van der Waals surface area contributed by atoms with Gasteiger partial charge in [-0.1, -0.05) is 13.3 Å². The molecule has 0 amide bonds. The third-order valence-electron chi connectivity index (χ3n) is 1.95. The Bertz CT molecular complexity index is 266. The van der Waals surface area contributed by atoms with Crippen molar-refractivity contribution in [1.29, 1.82) is 0 Å². The van der Waals surface area contributed by atoms with Gasteiger partial charge in [0.2, 0.25) is 0 Å². The van der Waals surface area contributed by atoms with Crippen LogP contribution in [-0.2, 0) is 11.3 Å². The van der Waals surface area contributed by atoms with Gasteiger partial charge in [0.25, 0.3) is 0 Å². The second-order valence-electron chi connectivity index (χ2n) is 3.41. The lowest BCUT2D eigenvalue weighted by molar-refractivity contribution is 0.118. The smallest absolute Gasteiger partial charge is 0.0718 e. The number of nitrogens with two attached hydrogens (primary N) is 2. The first kappa shape index (κ1) is 10.9. The highest BCUT2D eigenvalue weighted by molar-refractivity contribution is 5.54. The highest BCUT2D eigenvalue weighted by Gasteiger charge is 1.96. The zero-order valence-corrected chi connectivity index (χ0v) is 8.62. The normalized spacial score (nSPS) is 10.4. The Morgan fingerprint density at radius 2 is 1.79 bits per heavy atom. The SMILES string of the molecule is CCCCOCc1cc(N)cc(N)c1. The molecule has 0 atom stereocenters. The molecule has 78 valence electrons. The summed E-state index contributed by atoms with van der Waals surface area (Å²) in [6, 6.07) is 5.53. The fraction of sp³-hybridized carbons (Fsp3) is 0.455. The molecule has 0 aliphatic heterocycles. The van der Waals surface area contributed by atoms with E-state index in [0.717, 1.165) is 25.0 Å². The number of hydrogen-bond donors (Lipinski definition) is 2. The first-order valence-corrected chi connectivity index (χ1v) is 4.95. The van der Waals surface area contributed by atoms with Crippen molar-refractivity contribution in [3.05, 3.63) is 23.8 Å². The van der Waals surface area contributed by atoms with E-state index < -0.39 is 0 Å². The Morgan fingerprint density at radius 3 is 2.36 bits per heavy atom. The molecule has 0 heterocycles. The number of anilines is 2. The summed E-state index contributed by atoms with van der Waals surface area (Å²) < 4.78 is 5.46. The second kappa shape index (κ2) is 5.50. The second-order valence-corrected chi connectivity index (χ2v) is 3.41. The van der Waals surface area contributed by atoms with Crippen molar-refractivity contribution in [2.24, 2.45) is 0 Å². The number of unbranched alkanes of at least 4 members (excludes halogenated alkanes) is 1. The molecule has 0 unspecified atom stereocenters. The van der Waals surface area contributed by atoms with Gasteiger partial charge in [-0.3, -0.25) is 0 Å². The fourth-order valence-electron chi connectivity index (χ4n) is 1.27. The molecule has 0 fully saturated rings. The zero-order valence-electron chi connectivity index (χ0n) is 8.62. The molecule has 0 saturated carbocycles. The van der Waals surface area contributed by atoms with Crippen molar-refractivity contribution in [3.8, 4) is 0 Å². The summed E-state index contributed by atoms with van der Waals surface area (Å²) in [4.78, 5) is 0. The molecule has 4 N–H and O–H groups in total. The van der Waals surface area contributed by atoms with Gasteiger partial charge in [0.1, 0.15) is 0 Å². The van der Waals surface area contributed by atoms with E-state index in [1.165, 1.54) is 0 Å². The lowest BCUT2D eigenvalue weighted by Crippen LogP contribution is -1.98. The van der Waals surface area contributed by atoms with Crippen LogP contribution < -0.4 is 11.5 Å². The van der Waals surface area contributed by atoms with Crippen LogP contribution in [0.5, 0.6) is 0 Å². The van der Waals surface area contributed by atoms with Crippen LogP contribution in [0.3, 0.4) is 0 Å². The molecule has 1 aromatic carbocycles. The predicted molar refractivity (Wildman–Crippen MR) is 59.8 cm³/mol. The molecular formula is C11H18N2O. The molecule has 0 radical (unpaired) electrons. The minimum atomic E-state index is 0.592. The van der Waals surface area contributed by atoms with E-state index in [1.807, 2.05) is 12.1 Å². The molecule has 3 nitrogen and oxygen atoms in total.